The van der Waals surface area contributed by atoms with Gasteiger partial charge in [0.05, 0.1) is 18.6 Å². The molecule has 0 aliphatic rings. The van der Waals surface area contributed by atoms with Crippen molar-refractivity contribution in [3.8, 4) is 5.88 Å². The van der Waals surface area contributed by atoms with E-state index in [4.69, 9.17) is 15.6 Å². The van der Waals surface area contributed by atoms with Crippen LogP contribution in [0.15, 0.2) is 12.3 Å². The van der Waals surface area contributed by atoms with Gasteiger partial charge in [0.1, 0.15) is 5.65 Å². The molecule has 0 aliphatic heterocycles. The molecule has 2 heterocycles. The van der Waals surface area contributed by atoms with Crippen LogP contribution >= 0.6 is 11.8 Å². The first-order valence-corrected chi connectivity index (χ1v) is 6.78. The summed E-state index contributed by atoms with van der Waals surface area (Å²) in [4.78, 5) is 8.27. The first-order chi connectivity index (χ1) is 8.72. The number of aliphatic hydroxyl groups excluding tert-OH is 1. The van der Waals surface area contributed by atoms with Gasteiger partial charge in [-0.15, -0.1) is 0 Å². The molecule has 0 fully saturated rings. The van der Waals surface area contributed by atoms with Crippen molar-refractivity contribution in [2.24, 2.45) is 7.05 Å². The number of anilines is 1. The van der Waals surface area contributed by atoms with Crippen LogP contribution in [0.25, 0.3) is 11.0 Å². The number of hydrogen-bond acceptors (Lipinski definition) is 6. The fourth-order valence-corrected chi connectivity index (χ4v) is 2.13. The summed E-state index contributed by atoms with van der Waals surface area (Å²) in [5, 5.41) is 9.52. The Morgan fingerprint density at radius 1 is 1.44 bits per heavy atom. The molecular formula is C11H16N4O2S. The number of aryl methyl sites for hydroxylation is 1. The van der Waals surface area contributed by atoms with E-state index in [1.165, 1.54) is 0 Å². The number of nitrogens with zero attached hydrogens (tertiary/aromatic N) is 3. The van der Waals surface area contributed by atoms with Crippen molar-refractivity contribution < 1.29 is 9.84 Å². The average molecular weight is 268 g/mol. The molecule has 2 aromatic heterocycles. The Labute approximate surface area is 109 Å². The third-order valence-electron chi connectivity index (χ3n) is 2.41. The maximum Gasteiger partial charge on any atom is 0.227 e. The second-order valence-electron chi connectivity index (χ2n) is 3.74. The maximum atomic E-state index is 8.66. The molecule has 0 bridgehead atoms. The van der Waals surface area contributed by atoms with Crippen LogP contribution in [-0.2, 0) is 7.05 Å². The van der Waals surface area contributed by atoms with Gasteiger partial charge in [0, 0.05) is 24.8 Å². The smallest absolute Gasteiger partial charge is 0.227 e. The van der Waals surface area contributed by atoms with E-state index in [1.807, 2.05) is 23.9 Å². The molecule has 7 heteroatoms. The minimum absolute atomic E-state index is 0.189. The summed E-state index contributed by atoms with van der Waals surface area (Å²) in [5.41, 5.74) is 6.42. The zero-order valence-electron chi connectivity index (χ0n) is 10.2. The predicted molar refractivity (Wildman–Crippen MR) is 72.8 cm³/mol. The van der Waals surface area contributed by atoms with Crippen molar-refractivity contribution in [3.63, 3.8) is 0 Å². The number of fused-ring (bicyclic) bond motifs is 1. The zero-order chi connectivity index (χ0) is 13.0. The quantitative estimate of drug-likeness (QED) is 0.748. The summed E-state index contributed by atoms with van der Waals surface area (Å²) >= 11 is 1.63. The van der Waals surface area contributed by atoms with Crippen molar-refractivity contribution in [1.82, 2.24) is 14.5 Å². The number of rotatable bonds is 6. The van der Waals surface area contributed by atoms with Gasteiger partial charge in [-0.25, -0.2) is 0 Å². The summed E-state index contributed by atoms with van der Waals surface area (Å²) < 4.78 is 7.49. The molecule has 2 rings (SSSR count). The molecule has 0 aliphatic carbocycles. The van der Waals surface area contributed by atoms with Crippen molar-refractivity contribution >= 4 is 28.7 Å². The molecule has 0 saturated carbocycles. The lowest BCUT2D eigenvalue weighted by atomic mass is 10.4. The first-order valence-electron chi connectivity index (χ1n) is 5.62. The van der Waals surface area contributed by atoms with Crippen LogP contribution in [0.5, 0.6) is 5.88 Å². The topological polar surface area (TPSA) is 86.2 Å². The van der Waals surface area contributed by atoms with E-state index >= 15 is 0 Å². The average Bonchev–Trinajstić information content (AvgIpc) is 2.71. The van der Waals surface area contributed by atoms with Gasteiger partial charge < -0.3 is 20.1 Å². The highest BCUT2D eigenvalue weighted by atomic mass is 32.2. The Morgan fingerprint density at radius 3 is 3.06 bits per heavy atom. The number of nitrogen functional groups attached to an aromatic ring is 1. The summed E-state index contributed by atoms with van der Waals surface area (Å²) in [6, 6.07) is 1.91. The van der Waals surface area contributed by atoms with Crippen molar-refractivity contribution in [2.45, 2.75) is 0 Å². The second kappa shape index (κ2) is 5.92. The molecule has 0 saturated heterocycles. The molecule has 0 unspecified atom stereocenters. The molecule has 6 nitrogen and oxygen atoms in total. The highest BCUT2D eigenvalue weighted by Crippen LogP contribution is 2.23. The fourth-order valence-electron chi connectivity index (χ4n) is 1.60. The SMILES string of the molecule is Cn1ccc2c(OCCSCCO)nc(N)nc21. The number of hydrogen-bond donors (Lipinski definition) is 2. The molecule has 2 aromatic rings. The maximum absolute atomic E-state index is 8.66. The van der Waals surface area contributed by atoms with Gasteiger partial charge >= 0.3 is 0 Å². The normalized spacial score (nSPS) is 11.0. The summed E-state index contributed by atoms with van der Waals surface area (Å²) in [6.07, 6.45) is 1.89. The molecule has 0 atom stereocenters. The molecule has 18 heavy (non-hydrogen) atoms. The number of aromatic nitrogens is 3. The van der Waals surface area contributed by atoms with Gasteiger partial charge in [-0.1, -0.05) is 0 Å². The summed E-state index contributed by atoms with van der Waals surface area (Å²) in [7, 11) is 1.90. The minimum Gasteiger partial charge on any atom is -0.476 e. The number of ether oxygens (including phenoxy) is 1. The number of aliphatic hydroxyl groups is 1. The third-order valence-corrected chi connectivity index (χ3v) is 3.34. The fraction of sp³-hybridized carbons (Fsp3) is 0.455. The van der Waals surface area contributed by atoms with E-state index < -0.39 is 0 Å². The van der Waals surface area contributed by atoms with Crippen LogP contribution in [0.4, 0.5) is 5.95 Å². The van der Waals surface area contributed by atoms with E-state index in [1.54, 1.807) is 11.8 Å². The number of thioether (sulfide) groups is 1. The van der Waals surface area contributed by atoms with Crippen LogP contribution in [0, 0.1) is 0 Å². The third kappa shape index (κ3) is 2.85. The Balaban J connectivity index is 2.08. The van der Waals surface area contributed by atoms with E-state index in [2.05, 4.69) is 9.97 Å². The van der Waals surface area contributed by atoms with Crippen LogP contribution in [-0.4, -0.2) is 44.4 Å². The predicted octanol–water partition coefficient (Wildman–Crippen LogP) is 0.655. The van der Waals surface area contributed by atoms with Crippen molar-refractivity contribution in [1.29, 1.82) is 0 Å². The molecule has 0 amide bonds. The first kappa shape index (κ1) is 13.0. The lowest BCUT2D eigenvalue weighted by Gasteiger charge is -2.07. The van der Waals surface area contributed by atoms with Crippen LogP contribution in [0.2, 0.25) is 0 Å². The van der Waals surface area contributed by atoms with Crippen molar-refractivity contribution in [2.75, 3.05) is 30.5 Å². The van der Waals surface area contributed by atoms with E-state index in [-0.39, 0.29) is 12.6 Å². The second-order valence-corrected chi connectivity index (χ2v) is 4.96. The Morgan fingerprint density at radius 2 is 2.28 bits per heavy atom. The van der Waals surface area contributed by atoms with Gasteiger partial charge in [-0.3, -0.25) is 0 Å². The molecule has 3 N–H and O–H groups in total. The molecule has 98 valence electrons. The van der Waals surface area contributed by atoms with Crippen LogP contribution in [0.3, 0.4) is 0 Å². The summed E-state index contributed by atoms with van der Waals surface area (Å²) in [5.74, 6) is 2.25. The molecule has 0 spiro atoms. The van der Waals surface area contributed by atoms with Gasteiger partial charge in [0.15, 0.2) is 0 Å². The number of nitrogens with two attached hydrogens (primary N) is 1. The Bertz CT molecular complexity index is 529. The Hall–Kier alpha value is -1.47. The van der Waals surface area contributed by atoms with E-state index in [0.29, 0.717) is 12.5 Å². The van der Waals surface area contributed by atoms with Crippen LogP contribution < -0.4 is 10.5 Å². The molecule has 0 aromatic carbocycles. The minimum atomic E-state index is 0.189. The zero-order valence-corrected chi connectivity index (χ0v) is 11.0. The monoisotopic (exact) mass is 268 g/mol. The van der Waals surface area contributed by atoms with Crippen LogP contribution in [0.1, 0.15) is 0 Å². The highest BCUT2D eigenvalue weighted by Gasteiger charge is 2.09. The largest absolute Gasteiger partial charge is 0.476 e. The lowest BCUT2D eigenvalue weighted by molar-refractivity contribution is 0.321. The summed E-state index contributed by atoms with van der Waals surface area (Å²) in [6.45, 7) is 0.721. The van der Waals surface area contributed by atoms with E-state index in [0.717, 1.165) is 22.5 Å². The highest BCUT2D eigenvalue weighted by molar-refractivity contribution is 7.99. The van der Waals surface area contributed by atoms with Gasteiger partial charge in [0.2, 0.25) is 11.8 Å². The Kier molecular flexibility index (Phi) is 4.27. The lowest BCUT2D eigenvalue weighted by Crippen LogP contribution is -2.06. The molecule has 0 radical (unpaired) electrons. The van der Waals surface area contributed by atoms with Crippen molar-refractivity contribution in [3.05, 3.63) is 12.3 Å². The van der Waals surface area contributed by atoms with Gasteiger partial charge in [-0.2, -0.15) is 21.7 Å². The molecular weight excluding hydrogens is 252 g/mol. The van der Waals surface area contributed by atoms with Gasteiger partial charge in [-0.05, 0) is 6.07 Å². The standard InChI is InChI=1S/C11H16N4O2S/c1-15-3-2-8-9(15)13-11(12)14-10(8)17-5-7-18-6-4-16/h2-3,16H,4-7H2,1H3,(H2,12,13,14). The van der Waals surface area contributed by atoms with Gasteiger partial charge in [0.25, 0.3) is 0 Å². The van der Waals surface area contributed by atoms with E-state index in [9.17, 15) is 0 Å².